The topological polar surface area (TPSA) is 71.7 Å². The highest BCUT2D eigenvalue weighted by Gasteiger charge is 2.36. The summed E-state index contributed by atoms with van der Waals surface area (Å²) in [5, 5.41) is 13.9. The molecule has 128 valence electrons. The Labute approximate surface area is 145 Å². The number of rotatable bonds is 5. The van der Waals surface area contributed by atoms with Crippen LogP contribution in [-0.2, 0) is 17.8 Å². The Morgan fingerprint density at radius 1 is 1.28 bits per heavy atom. The molecule has 0 bridgehead atoms. The molecule has 0 fully saturated rings. The first-order valence-corrected chi connectivity index (χ1v) is 8.27. The Morgan fingerprint density at radius 2 is 2.12 bits per heavy atom. The molecule has 2 atom stereocenters. The highest BCUT2D eigenvalue weighted by Crippen LogP contribution is 2.37. The summed E-state index contributed by atoms with van der Waals surface area (Å²) in [6.45, 7) is 0.459. The molecule has 0 spiro atoms. The lowest BCUT2D eigenvalue weighted by molar-refractivity contribution is -0.142. The van der Waals surface area contributed by atoms with E-state index in [-0.39, 0.29) is 6.04 Å². The van der Waals surface area contributed by atoms with Gasteiger partial charge in [0.2, 0.25) is 0 Å². The van der Waals surface area contributed by atoms with E-state index in [2.05, 4.69) is 5.32 Å². The van der Waals surface area contributed by atoms with E-state index < -0.39 is 11.9 Å². The molecular weight excluding hydrogens is 318 g/mol. The number of para-hydroxylation sites is 1. The van der Waals surface area contributed by atoms with E-state index in [0.29, 0.717) is 24.3 Å². The number of fused-ring (bicyclic) bond motifs is 2. The fourth-order valence-electron chi connectivity index (χ4n) is 3.63. The monoisotopic (exact) mass is 337 g/mol. The van der Waals surface area contributed by atoms with Crippen molar-refractivity contribution in [3.05, 3.63) is 65.4 Å². The first kappa shape index (κ1) is 15.7. The molecule has 0 saturated heterocycles. The third-order valence-corrected chi connectivity index (χ3v) is 4.82. The Morgan fingerprint density at radius 3 is 2.92 bits per heavy atom. The number of ether oxygens (including phenoxy) is 1. The van der Waals surface area contributed by atoms with Crippen LogP contribution in [0.25, 0.3) is 11.0 Å². The van der Waals surface area contributed by atoms with Crippen LogP contribution >= 0.6 is 0 Å². The van der Waals surface area contributed by atoms with Crippen LogP contribution in [0.3, 0.4) is 0 Å². The Balaban J connectivity index is 1.59. The van der Waals surface area contributed by atoms with Crippen molar-refractivity contribution in [2.75, 3.05) is 7.11 Å². The van der Waals surface area contributed by atoms with Gasteiger partial charge < -0.3 is 19.6 Å². The molecule has 1 aliphatic rings. The molecule has 0 amide bonds. The molecule has 3 aromatic rings. The number of carbonyl (C=O) groups is 1. The summed E-state index contributed by atoms with van der Waals surface area (Å²) in [5.41, 5.74) is 2.87. The van der Waals surface area contributed by atoms with Crippen molar-refractivity contribution in [1.29, 1.82) is 0 Å². The predicted octanol–water partition coefficient (Wildman–Crippen LogP) is 3.53. The van der Waals surface area contributed by atoms with Gasteiger partial charge in [-0.15, -0.1) is 0 Å². The number of hydrogen-bond donors (Lipinski definition) is 2. The summed E-state index contributed by atoms with van der Waals surface area (Å²) in [7, 11) is 1.61. The average molecular weight is 337 g/mol. The molecule has 0 radical (unpaired) electrons. The fourth-order valence-corrected chi connectivity index (χ4v) is 3.63. The summed E-state index contributed by atoms with van der Waals surface area (Å²) in [6, 6.07) is 15.4. The largest absolute Gasteiger partial charge is 0.493 e. The smallest absolute Gasteiger partial charge is 0.308 e. The first-order valence-electron chi connectivity index (χ1n) is 8.27. The summed E-state index contributed by atoms with van der Waals surface area (Å²) in [4.78, 5) is 11.6. The molecule has 25 heavy (non-hydrogen) atoms. The number of benzene rings is 2. The zero-order valence-corrected chi connectivity index (χ0v) is 13.9. The highest BCUT2D eigenvalue weighted by molar-refractivity contribution is 5.83. The van der Waals surface area contributed by atoms with Crippen molar-refractivity contribution in [2.24, 2.45) is 5.92 Å². The molecule has 0 saturated carbocycles. The molecular formula is C20H19NO4. The molecule has 5 nitrogen and oxygen atoms in total. The third-order valence-electron chi connectivity index (χ3n) is 4.82. The van der Waals surface area contributed by atoms with Gasteiger partial charge in [-0.05, 0) is 29.7 Å². The summed E-state index contributed by atoms with van der Waals surface area (Å²) in [6.07, 6.45) is 0.553. The average Bonchev–Trinajstić information content (AvgIpc) is 3.20. The molecule has 0 unspecified atom stereocenters. The van der Waals surface area contributed by atoms with Crippen molar-refractivity contribution in [1.82, 2.24) is 5.32 Å². The van der Waals surface area contributed by atoms with Crippen molar-refractivity contribution >= 4 is 16.9 Å². The molecule has 1 aliphatic carbocycles. The lowest BCUT2D eigenvalue weighted by atomic mass is 10.0. The maximum absolute atomic E-state index is 11.6. The number of nitrogens with one attached hydrogen (secondary N) is 1. The van der Waals surface area contributed by atoms with Gasteiger partial charge in [0, 0.05) is 11.4 Å². The highest BCUT2D eigenvalue weighted by atomic mass is 16.5. The summed E-state index contributed by atoms with van der Waals surface area (Å²) < 4.78 is 11.2. The molecule has 1 heterocycles. The van der Waals surface area contributed by atoms with Crippen LogP contribution in [0, 0.1) is 5.92 Å². The second kappa shape index (κ2) is 6.26. The Hall–Kier alpha value is -2.79. The zero-order valence-electron chi connectivity index (χ0n) is 13.9. The minimum absolute atomic E-state index is 0.219. The van der Waals surface area contributed by atoms with Crippen LogP contribution in [0.4, 0.5) is 0 Å². The molecule has 5 heteroatoms. The van der Waals surface area contributed by atoms with E-state index in [9.17, 15) is 9.90 Å². The second-order valence-corrected chi connectivity index (χ2v) is 6.30. The summed E-state index contributed by atoms with van der Waals surface area (Å²) in [5.74, 6) is 0.211. The van der Waals surface area contributed by atoms with Gasteiger partial charge in [-0.1, -0.05) is 36.4 Å². The lowest BCUT2D eigenvalue weighted by Gasteiger charge is -2.18. The van der Waals surface area contributed by atoms with Crippen LogP contribution in [0.5, 0.6) is 5.75 Å². The van der Waals surface area contributed by atoms with E-state index in [1.54, 1.807) is 7.11 Å². The molecule has 2 aromatic carbocycles. The Kier molecular flexibility index (Phi) is 3.93. The van der Waals surface area contributed by atoms with Gasteiger partial charge in [0.15, 0.2) is 11.3 Å². The van der Waals surface area contributed by atoms with Gasteiger partial charge in [-0.3, -0.25) is 4.79 Å². The number of carboxylic acid groups (broad SMARTS) is 1. The van der Waals surface area contributed by atoms with Crippen LogP contribution in [0.15, 0.2) is 52.9 Å². The predicted molar refractivity (Wildman–Crippen MR) is 93.6 cm³/mol. The number of hydrogen-bond acceptors (Lipinski definition) is 4. The molecule has 1 aromatic heterocycles. The van der Waals surface area contributed by atoms with Crippen LogP contribution in [0.2, 0.25) is 0 Å². The quantitative estimate of drug-likeness (QED) is 0.745. The normalized spacial score (nSPS) is 19.1. The molecule has 0 aliphatic heterocycles. The van der Waals surface area contributed by atoms with Crippen LogP contribution in [0.1, 0.15) is 22.9 Å². The lowest BCUT2D eigenvalue weighted by Crippen LogP contribution is -2.29. The van der Waals surface area contributed by atoms with E-state index in [0.717, 1.165) is 22.3 Å². The molecule has 4 rings (SSSR count). The second-order valence-electron chi connectivity index (χ2n) is 6.30. The van der Waals surface area contributed by atoms with E-state index in [1.165, 1.54) is 0 Å². The standard InChI is InChI=1S/C20H19NO4/c1-24-17-8-4-6-13-9-14(25-19(13)17)11-21-18-15-7-3-2-5-12(15)10-16(18)20(22)23/h2-9,16,18,21H,10-11H2,1H3,(H,22,23)/t16-,18+/m1/s1. The SMILES string of the molecule is COc1cccc2cc(CN[C@H]3c4ccccc4C[C@H]3C(=O)O)oc12. The van der Waals surface area contributed by atoms with Crippen LogP contribution < -0.4 is 10.1 Å². The fraction of sp³-hybridized carbons (Fsp3) is 0.250. The van der Waals surface area contributed by atoms with Gasteiger partial charge in [0.1, 0.15) is 5.76 Å². The first-order chi connectivity index (χ1) is 12.2. The number of furan rings is 1. The maximum atomic E-state index is 11.6. The number of aliphatic carboxylic acids is 1. The van der Waals surface area contributed by atoms with Gasteiger partial charge in [-0.25, -0.2) is 0 Å². The minimum Gasteiger partial charge on any atom is -0.493 e. The van der Waals surface area contributed by atoms with Crippen molar-refractivity contribution < 1.29 is 19.1 Å². The van der Waals surface area contributed by atoms with Crippen molar-refractivity contribution in [3.8, 4) is 5.75 Å². The Bertz CT molecular complexity index is 930. The molecule has 2 N–H and O–H groups in total. The van der Waals surface area contributed by atoms with Crippen LogP contribution in [-0.4, -0.2) is 18.2 Å². The number of methoxy groups -OCH3 is 1. The van der Waals surface area contributed by atoms with Crippen molar-refractivity contribution in [2.45, 2.75) is 19.0 Å². The maximum Gasteiger partial charge on any atom is 0.308 e. The third kappa shape index (κ3) is 2.76. The van der Waals surface area contributed by atoms with E-state index in [4.69, 9.17) is 9.15 Å². The van der Waals surface area contributed by atoms with Crippen molar-refractivity contribution in [3.63, 3.8) is 0 Å². The number of carboxylic acids is 1. The van der Waals surface area contributed by atoms with Gasteiger partial charge in [0.05, 0.1) is 19.6 Å². The van der Waals surface area contributed by atoms with Gasteiger partial charge in [-0.2, -0.15) is 0 Å². The van der Waals surface area contributed by atoms with Gasteiger partial charge >= 0.3 is 5.97 Å². The minimum atomic E-state index is -0.778. The zero-order chi connectivity index (χ0) is 17.4. The summed E-state index contributed by atoms with van der Waals surface area (Å²) >= 11 is 0. The van der Waals surface area contributed by atoms with E-state index in [1.807, 2.05) is 48.5 Å². The van der Waals surface area contributed by atoms with E-state index >= 15 is 0 Å². The van der Waals surface area contributed by atoms with Gasteiger partial charge in [0.25, 0.3) is 0 Å².